The van der Waals surface area contributed by atoms with Crippen LogP contribution in [0.1, 0.15) is 13.8 Å². The zero-order valence-corrected chi connectivity index (χ0v) is 14.8. The number of ether oxygens (including phenoxy) is 1. The van der Waals surface area contributed by atoms with E-state index in [9.17, 15) is 9.59 Å². The van der Waals surface area contributed by atoms with Crippen molar-refractivity contribution >= 4 is 22.5 Å². The maximum absolute atomic E-state index is 12.5. The number of hydrogen-bond donors (Lipinski definition) is 1. The van der Waals surface area contributed by atoms with Crippen molar-refractivity contribution in [1.29, 1.82) is 0 Å². The fourth-order valence-corrected chi connectivity index (χ4v) is 2.56. The highest BCUT2D eigenvalue weighted by atomic mass is 16.5. The number of hydrogen-bond acceptors (Lipinski definition) is 4. The first kappa shape index (κ1) is 17.7. The first-order chi connectivity index (χ1) is 12.5. The largest absolute Gasteiger partial charge is 0.491 e. The lowest BCUT2D eigenvalue weighted by Crippen LogP contribution is -2.22. The molecular weight excluding hydrogens is 330 g/mol. The van der Waals surface area contributed by atoms with Gasteiger partial charge >= 0.3 is 0 Å². The van der Waals surface area contributed by atoms with Crippen molar-refractivity contribution in [3.63, 3.8) is 0 Å². The molecule has 1 amide bonds. The Morgan fingerprint density at radius 3 is 2.69 bits per heavy atom. The van der Waals surface area contributed by atoms with Crippen LogP contribution >= 0.6 is 0 Å². The third-order valence-corrected chi connectivity index (χ3v) is 3.79. The van der Waals surface area contributed by atoms with Gasteiger partial charge in [-0.15, -0.1) is 0 Å². The van der Waals surface area contributed by atoms with Crippen molar-refractivity contribution in [3.05, 3.63) is 65.0 Å². The lowest BCUT2D eigenvalue weighted by molar-refractivity contribution is -0.116. The fourth-order valence-electron chi connectivity index (χ4n) is 2.56. The number of nitrogens with one attached hydrogen (secondary N) is 1. The smallest absolute Gasteiger partial charge is 0.246 e. The van der Waals surface area contributed by atoms with Gasteiger partial charge in [-0.25, -0.2) is 0 Å². The monoisotopic (exact) mass is 351 g/mol. The number of benzene rings is 2. The van der Waals surface area contributed by atoms with Gasteiger partial charge < -0.3 is 10.1 Å². The van der Waals surface area contributed by atoms with E-state index >= 15 is 0 Å². The van der Waals surface area contributed by atoms with Crippen LogP contribution < -0.4 is 15.5 Å². The summed E-state index contributed by atoms with van der Waals surface area (Å²) in [4.78, 5) is 24.4. The Morgan fingerprint density at radius 2 is 1.88 bits per heavy atom. The van der Waals surface area contributed by atoms with E-state index in [0.717, 1.165) is 0 Å². The predicted molar refractivity (Wildman–Crippen MR) is 101 cm³/mol. The lowest BCUT2D eigenvalue weighted by Gasteiger charge is -2.14. The zero-order valence-electron chi connectivity index (χ0n) is 14.8. The van der Waals surface area contributed by atoms with Crippen LogP contribution in [0, 0.1) is 5.92 Å². The Labute approximate surface area is 151 Å². The number of amides is 1. The van der Waals surface area contributed by atoms with E-state index in [2.05, 4.69) is 24.3 Å². The molecule has 0 unspecified atom stereocenters. The summed E-state index contributed by atoms with van der Waals surface area (Å²) in [5.41, 5.74) is 1.08. The lowest BCUT2D eigenvalue weighted by atomic mass is 10.2. The van der Waals surface area contributed by atoms with E-state index in [0.29, 0.717) is 34.9 Å². The Hall–Kier alpha value is -3.15. The molecule has 0 fully saturated rings. The molecule has 0 saturated carbocycles. The summed E-state index contributed by atoms with van der Waals surface area (Å²) in [5, 5.41) is 7.48. The molecule has 26 heavy (non-hydrogen) atoms. The molecule has 1 aromatic heterocycles. The summed E-state index contributed by atoms with van der Waals surface area (Å²) >= 11 is 0. The van der Waals surface area contributed by atoms with Crippen LogP contribution in [-0.4, -0.2) is 22.3 Å². The number of anilines is 1. The molecule has 0 radical (unpaired) electrons. The predicted octanol–water partition coefficient (Wildman–Crippen LogP) is 3.07. The number of aromatic nitrogens is 2. The number of carbonyl (C=O) groups is 1. The molecule has 6 heteroatoms. The van der Waals surface area contributed by atoms with Crippen LogP contribution in [0.15, 0.2) is 59.5 Å². The minimum Gasteiger partial charge on any atom is -0.491 e. The first-order valence-electron chi connectivity index (χ1n) is 8.51. The fraction of sp³-hybridized carbons (Fsp3) is 0.250. The molecule has 1 heterocycles. The molecular formula is C20H21N3O3. The van der Waals surface area contributed by atoms with E-state index in [1.807, 2.05) is 24.3 Å². The summed E-state index contributed by atoms with van der Waals surface area (Å²) in [5.74, 6) is 0.773. The Kier molecular flexibility index (Phi) is 5.31. The van der Waals surface area contributed by atoms with Gasteiger partial charge in [-0.05, 0) is 30.2 Å². The van der Waals surface area contributed by atoms with E-state index in [1.54, 1.807) is 24.3 Å². The molecule has 1 N–H and O–H groups in total. The highest BCUT2D eigenvalue weighted by Crippen LogP contribution is 2.24. The molecule has 3 rings (SSSR count). The number of carbonyl (C=O) groups excluding carboxylic acids is 1. The second kappa shape index (κ2) is 7.82. The molecule has 0 aliphatic carbocycles. The molecule has 0 atom stereocenters. The van der Waals surface area contributed by atoms with Crippen molar-refractivity contribution in [1.82, 2.24) is 9.78 Å². The van der Waals surface area contributed by atoms with Gasteiger partial charge in [0.15, 0.2) is 0 Å². The highest BCUT2D eigenvalue weighted by molar-refractivity contribution is 5.93. The third kappa shape index (κ3) is 4.08. The van der Waals surface area contributed by atoms with Crippen LogP contribution in [0.25, 0.3) is 10.9 Å². The van der Waals surface area contributed by atoms with Gasteiger partial charge in [0.25, 0.3) is 0 Å². The molecule has 2 aromatic carbocycles. The van der Waals surface area contributed by atoms with E-state index in [-0.39, 0.29) is 17.9 Å². The maximum Gasteiger partial charge on any atom is 0.246 e. The normalized spacial score (nSPS) is 10.9. The minimum atomic E-state index is -0.244. The summed E-state index contributed by atoms with van der Waals surface area (Å²) in [7, 11) is 0. The van der Waals surface area contributed by atoms with Crippen LogP contribution in [0.5, 0.6) is 5.75 Å². The van der Waals surface area contributed by atoms with Gasteiger partial charge in [-0.1, -0.05) is 38.1 Å². The summed E-state index contributed by atoms with van der Waals surface area (Å²) < 4.78 is 7.27. The summed E-state index contributed by atoms with van der Waals surface area (Å²) in [6.07, 6.45) is 1.23. The number of fused-ring (bicyclic) bond motifs is 1. The molecule has 0 aliphatic heterocycles. The molecule has 134 valence electrons. The zero-order chi connectivity index (χ0) is 18.5. The Balaban J connectivity index is 1.78. The third-order valence-electron chi connectivity index (χ3n) is 3.79. The quantitative estimate of drug-likeness (QED) is 0.741. The number of para-hydroxylation sites is 3. The van der Waals surface area contributed by atoms with Gasteiger partial charge in [-0.3, -0.25) is 14.3 Å². The average Bonchev–Trinajstić information content (AvgIpc) is 2.63. The maximum atomic E-state index is 12.5. The first-order valence-corrected chi connectivity index (χ1v) is 8.51. The van der Waals surface area contributed by atoms with Crippen molar-refractivity contribution in [2.75, 3.05) is 11.9 Å². The Bertz CT molecular complexity index is 979. The highest BCUT2D eigenvalue weighted by Gasteiger charge is 2.11. The van der Waals surface area contributed by atoms with Crippen LogP contribution in [-0.2, 0) is 11.3 Å². The van der Waals surface area contributed by atoms with E-state index < -0.39 is 0 Å². The van der Waals surface area contributed by atoms with Crippen LogP contribution in [0.3, 0.4) is 0 Å². The second-order valence-corrected chi connectivity index (χ2v) is 6.43. The van der Waals surface area contributed by atoms with Crippen LogP contribution in [0.2, 0.25) is 0 Å². The van der Waals surface area contributed by atoms with Crippen LogP contribution in [0.4, 0.5) is 5.69 Å². The van der Waals surface area contributed by atoms with Crippen molar-refractivity contribution in [2.45, 2.75) is 20.4 Å². The number of nitrogens with zero attached hydrogens (tertiary/aromatic N) is 2. The molecule has 0 spiro atoms. The molecule has 3 aromatic rings. The van der Waals surface area contributed by atoms with Gasteiger partial charge in [-0.2, -0.15) is 5.10 Å². The minimum absolute atomic E-state index is 0.000686. The molecule has 0 aliphatic rings. The summed E-state index contributed by atoms with van der Waals surface area (Å²) in [6.45, 7) is 4.70. The van der Waals surface area contributed by atoms with E-state index in [4.69, 9.17) is 4.74 Å². The average molecular weight is 351 g/mol. The topological polar surface area (TPSA) is 73.2 Å². The Morgan fingerprint density at radius 1 is 1.15 bits per heavy atom. The van der Waals surface area contributed by atoms with Gasteiger partial charge in [0.2, 0.25) is 11.3 Å². The van der Waals surface area contributed by atoms with Crippen molar-refractivity contribution in [3.8, 4) is 5.75 Å². The van der Waals surface area contributed by atoms with Gasteiger partial charge in [0, 0.05) is 5.39 Å². The van der Waals surface area contributed by atoms with Gasteiger partial charge in [0.05, 0.1) is 24.0 Å². The molecule has 0 saturated heterocycles. The SMILES string of the molecule is CC(C)COc1ccccc1NC(=O)Cn1ncc(=O)c2ccccc21. The van der Waals surface area contributed by atoms with Gasteiger partial charge in [0.1, 0.15) is 12.3 Å². The molecule has 6 nitrogen and oxygen atoms in total. The molecule has 0 bridgehead atoms. The van der Waals surface area contributed by atoms with E-state index in [1.165, 1.54) is 10.9 Å². The van der Waals surface area contributed by atoms with Crippen molar-refractivity contribution < 1.29 is 9.53 Å². The summed E-state index contributed by atoms with van der Waals surface area (Å²) in [6, 6.07) is 14.4. The standard InChI is InChI=1S/C20H21N3O3/c1-14(2)13-26-19-10-6-4-8-16(19)22-20(25)12-23-17-9-5-3-7-15(17)18(24)11-21-23/h3-11,14H,12-13H2,1-2H3,(H,22,25). The van der Waals surface area contributed by atoms with Crippen molar-refractivity contribution in [2.24, 2.45) is 5.92 Å². The second-order valence-electron chi connectivity index (χ2n) is 6.43. The number of rotatable bonds is 6.